The molecule has 0 N–H and O–H groups in total. The maximum atomic E-state index is 4.18. The summed E-state index contributed by atoms with van der Waals surface area (Å²) in [6.45, 7) is 6.72. The molecule has 1 unspecified atom stereocenters. The van der Waals surface area contributed by atoms with Crippen LogP contribution in [0.4, 0.5) is 0 Å². The minimum atomic E-state index is 0.303. The van der Waals surface area contributed by atoms with Crippen molar-refractivity contribution >= 4 is 0 Å². The Morgan fingerprint density at radius 2 is 2.09 bits per heavy atom. The van der Waals surface area contributed by atoms with Crippen molar-refractivity contribution in [2.24, 2.45) is 5.41 Å². The molecule has 0 nitrogen and oxygen atoms in total. The van der Waals surface area contributed by atoms with Gasteiger partial charge in [0.25, 0.3) is 0 Å². The summed E-state index contributed by atoms with van der Waals surface area (Å²) in [5, 5.41) is 0. The molecule has 0 amide bonds. The molecule has 0 saturated heterocycles. The molecule has 0 heterocycles. The molecule has 0 spiro atoms. The zero-order chi connectivity index (χ0) is 8.48. The van der Waals surface area contributed by atoms with Crippen molar-refractivity contribution in [3.63, 3.8) is 0 Å². The van der Waals surface area contributed by atoms with Gasteiger partial charge in [0.2, 0.25) is 0 Å². The quantitative estimate of drug-likeness (QED) is 0.558. The van der Waals surface area contributed by atoms with Crippen LogP contribution in [0.25, 0.3) is 0 Å². The number of allylic oxidation sites excluding steroid dienone is 4. The molecule has 1 aliphatic carbocycles. The predicted molar refractivity (Wildman–Crippen MR) is 45.0 cm³/mol. The van der Waals surface area contributed by atoms with Gasteiger partial charge in [-0.2, -0.15) is 0 Å². The van der Waals surface area contributed by atoms with Gasteiger partial charge in [0.1, 0.15) is 0 Å². The number of hydrogen-bond donors (Lipinski definition) is 0. The van der Waals surface area contributed by atoms with Gasteiger partial charge >= 0.3 is 77.2 Å². The van der Waals surface area contributed by atoms with Crippen LogP contribution in [-0.4, -0.2) is 0 Å². The van der Waals surface area contributed by atoms with Crippen LogP contribution in [0, 0.1) is 5.41 Å². The molecule has 1 rings (SSSR count). The third kappa shape index (κ3) is 2.21. The third-order valence-corrected chi connectivity index (χ3v) is 3.22. The zero-order valence-corrected chi connectivity index (χ0v) is 8.47. The Hall–Kier alpha value is -0.000519. The third-order valence-electron chi connectivity index (χ3n) is 1.86. The summed E-state index contributed by atoms with van der Waals surface area (Å²) in [4.78, 5) is 0.456. The fraction of sp³-hybridized carbons (Fsp3) is 0.600. The van der Waals surface area contributed by atoms with Gasteiger partial charge in [-0.1, -0.05) is 0 Å². The van der Waals surface area contributed by atoms with Crippen LogP contribution < -0.4 is 0 Å². The van der Waals surface area contributed by atoms with E-state index in [2.05, 4.69) is 55.0 Å². The molecule has 1 aliphatic rings. The molecule has 1 heteroatoms. The average Bonchev–Trinajstić information content (AvgIpc) is 2.34. The van der Waals surface area contributed by atoms with Crippen LogP contribution in [-0.2, 0) is 16.0 Å². The number of hydrogen-bond acceptors (Lipinski definition) is 0. The molecule has 0 radical (unpaired) electrons. The van der Waals surface area contributed by atoms with Crippen LogP contribution in [0.1, 0.15) is 27.2 Å². The second-order valence-electron chi connectivity index (χ2n) is 4.09. The molecule has 0 aromatic heterocycles. The molecule has 0 fully saturated rings. The van der Waals surface area contributed by atoms with E-state index in [0.29, 0.717) is 10.2 Å². The van der Waals surface area contributed by atoms with Crippen LogP contribution >= 0.6 is 0 Å². The molecule has 0 aromatic rings. The predicted octanol–water partition coefficient (Wildman–Crippen LogP) is 3.25. The molecular formula is C10H15Fe. The van der Waals surface area contributed by atoms with Crippen molar-refractivity contribution in [1.29, 1.82) is 0 Å². The van der Waals surface area contributed by atoms with Gasteiger partial charge in [-0.05, 0) is 0 Å². The SMILES string of the molecule is CC(C)(C)[CH]([Fe])C1=CC=CC1. The first-order valence-corrected chi connectivity index (χ1v) is 4.64. The van der Waals surface area contributed by atoms with Gasteiger partial charge in [-0.25, -0.2) is 0 Å². The summed E-state index contributed by atoms with van der Waals surface area (Å²) in [5.74, 6) is 0. The summed E-state index contributed by atoms with van der Waals surface area (Å²) >= 11 is 4.18. The maximum absolute atomic E-state index is 4.18. The minimum absolute atomic E-state index is 0.303. The van der Waals surface area contributed by atoms with E-state index in [0.717, 1.165) is 6.42 Å². The van der Waals surface area contributed by atoms with E-state index in [1.54, 1.807) is 0 Å². The van der Waals surface area contributed by atoms with Gasteiger partial charge in [0.15, 0.2) is 0 Å². The van der Waals surface area contributed by atoms with E-state index in [-0.39, 0.29) is 0 Å². The topological polar surface area (TPSA) is 0 Å². The summed E-state index contributed by atoms with van der Waals surface area (Å²) < 4.78 is 0. The van der Waals surface area contributed by atoms with Crippen molar-refractivity contribution in [2.45, 2.75) is 32.0 Å². The Kier molecular flexibility index (Phi) is 2.61. The molecular weight excluding hydrogens is 176 g/mol. The van der Waals surface area contributed by atoms with Gasteiger partial charge < -0.3 is 0 Å². The number of rotatable bonds is 1. The van der Waals surface area contributed by atoms with Crippen LogP contribution in [0.3, 0.4) is 0 Å². The Morgan fingerprint density at radius 3 is 2.45 bits per heavy atom. The fourth-order valence-electron chi connectivity index (χ4n) is 1.20. The van der Waals surface area contributed by atoms with E-state index in [1.807, 2.05) is 0 Å². The van der Waals surface area contributed by atoms with Crippen molar-refractivity contribution in [3.8, 4) is 0 Å². The van der Waals surface area contributed by atoms with E-state index < -0.39 is 0 Å². The molecule has 1 atom stereocenters. The summed E-state index contributed by atoms with van der Waals surface area (Å²) in [7, 11) is 0. The van der Waals surface area contributed by atoms with Gasteiger partial charge in [-0.3, -0.25) is 0 Å². The van der Waals surface area contributed by atoms with Crippen molar-refractivity contribution in [3.05, 3.63) is 23.8 Å². The van der Waals surface area contributed by atoms with Crippen molar-refractivity contribution in [2.75, 3.05) is 0 Å². The molecule has 63 valence electrons. The molecule has 0 saturated carbocycles. The molecule has 0 aromatic carbocycles. The summed E-state index contributed by atoms with van der Waals surface area (Å²) in [5.41, 5.74) is 1.77. The van der Waals surface area contributed by atoms with E-state index in [1.165, 1.54) is 5.57 Å². The molecule has 0 bridgehead atoms. The monoisotopic (exact) mass is 191 g/mol. The van der Waals surface area contributed by atoms with E-state index in [9.17, 15) is 0 Å². The summed E-state index contributed by atoms with van der Waals surface area (Å²) in [6.07, 6.45) is 7.62. The van der Waals surface area contributed by atoms with E-state index >= 15 is 0 Å². The molecule has 0 aliphatic heterocycles. The molecule has 11 heavy (non-hydrogen) atoms. The first kappa shape index (κ1) is 9.09. The normalized spacial score (nSPS) is 20.2. The Bertz CT molecular complexity index is 193. The Labute approximate surface area is 77.6 Å². The first-order chi connectivity index (χ1) is 5.02. The average molecular weight is 191 g/mol. The zero-order valence-electron chi connectivity index (χ0n) is 7.37. The Balaban J connectivity index is 2.62. The van der Waals surface area contributed by atoms with Crippen LogP contribution in [0.5, 0.6) is 0 Å². The second-order valence-corrected chi connectivity index (χ2v) is 4.73. The van der Waals surface area contributed by atoms with Gasteiger partial charge in [0.05, 0.1) is 0 Å². The first-order valence-electron chi connectivity index (χ1n) is 4.00. The van der Waals surface area contributed by atoms with E-state index in [4.69, 9.17) is 0 Å². The Morgan fingerprint density at radius 1 is 1.45 bits per heavy atom. The second kappa shape index (κ2) is 3.16. The fourth-order valence-corrected chi connectivity index (χ4v) is 1.44. The van der Waals surface area contributed by atoms with Gasteiger partial charge in [-0.15, -0.1) is 0 Å². The van der Waals surface area contributed by atoms with Gasteiger partial charge in [0, 0.05) is 0 Å². The van der Waals surface area contributed by atoms with Crippen LogP contribution in [0.2, 0.25) is 4.82 Å². The van der Waals surface area contributed by atoms with Crippen molar-refractivity contribution < 1.29 is 16.0 Å². The standard InChI is InChI=1S/C10H15.Fe/c1-10(2,3)8-9-6-4-5-7-9;/h4-6,8H,7H2,1-3H3;. The summed E-state index contributed by atoms with van der Waals surface area (Å²) in [6, 6.07) is 0. The van der Waals surface area contributed by atoms with Crippen molar-refractivity contribution in [1.82, 2.24) is 0 Å². The van der Waals surface area contributed by atoms with Crippen LogP contribution in [0.15, 0.2) is 23.8 Å².